The Kier molecular flexibility index (Phi) is 16.6. The van der Waals surface area contributed by atoms with Crippen LogP contribution in [0.2, 0.25) is 0 Å². The molecule has 4 nitrogen and oxygen atoms in total. The molecule has 0 unspecified atom stereocenters. The van der Waals surface area contributed by atoms with Crippen LogP contribution in [0.15, 0.2) is 0 Å². The number of carbonyl (C=O) groups is 1. The van der Waals surface area contributed by atoms with Crippen LogP contribution in [0.3, 0.4) is 0 Å². The number of unbranched alkanes of at least 4 members (excludes halogenated alkanes) is 1. The van der Waals surface area contributed by atoms with Crippen molar-refractivity contribution in [3.05, 3.63) is 0 Å². The molecule has 0 saturated carbocycles. The third-order valence-corrected chi connectivity index (χ3v) is 2.03. The summed E-state index contributed by atoms with van der Waals surface area (Å²) in [6.07, 6.45) is 3.73. The van der Waals surface area contributed by atoms with Gasteiger partial charge in [0.2, 0.25) is 5.91 Å². The van der Waals surface area contributed by atoms with E-state index in [-0.39, 0.29) is 18.3 Å². The van der Waals surface area contributed by atoms with E-state index in [1.54, 1.807) is 0 Å². The van der Waals surface area contributed by atoms with E-state index in [1.807, 2.05) is 7.05 Å². The summed E-state index contributed by atoms with van der Waals surface area (Å²) in [5, 5.41) is 5.79. The van der Waals surface area contributed by atoms with Crippen LogP contribution in [-0.4, -0.2) is 39.3 Å². The standard InChI is InChI=1S/C11H24N2O2.ClH/c1-3-4-9-15-10-5-7-13-11(14)6-8-12-2;/h12H,3-10H2,1-2H3,(H,13,14);1H. The first-order valence-electron chi connectivity index (χ1n) is 5.80. The predicted octanol–water partition coefficient (Wildman–Crippen LogP) is 1.34. The summed E-state index contributed by atoms with van der Waals surface area (Å²) in [5.41, 5.74) is 0. The number of amides is 1. The van der Waals surface area contributed by atoms with E-state index in [2.05, 4.69) is 17.6 Å². The Labute approximate surface area is 105 Å². The maximum atomic E-state index is 11.1. The minimum Gasteiger partial charge on any atom is -0.381 e. The first-order chi connectivity index (χ1) is 7.31. The van der Waals surface area contributed by atoms with Crippen LogP contribution in [0.4, 0.5) is 0 Å². The second-order valence-corrected chi connectivity index (χ2v) is 3.52. The largest absolute Gasteiger partial charge is 0.381 e. The van der Waals surface area contributed by atoms with Crippen molar-refractivity contribution in [2.24, 2.45) is 0 Å². The molecule has 0 aromatic heterocycles. The summed E-state index contributed by atoms with van der Waals surface area (Å²) in [6.45, 7) is 5.18. The highest BCUT2D eigenvalue weighted by Crippen LogP contribution is 1.89. The molecular weight excluding hydrogens is 228 g/mol. The molecule has 2 N–H and O–H groups in total. The van der Waals surface area contributed by atoms with E-state index in [9.17, 15) is 4.79 Å². The summed E-state index contributed by atoms with van der Waals surface area (Å²) in [6, 6.07) is 0. The van der Waals surface area contributed by atoms with Gasteiger partial charge in [-0.2, -0.15) is 0 Å². The van der Waals surface area contributed by atoms with Crippen molar-refractivity contribution in [1.82, 2.24) is 10.6 Å². The fraction of sp³-hybridized carbons (Fsp3) is 0.909. The molecule has 1 amide bonds. The molecule has 0 aliphatic carbocycles. The molecule has 0 fully saturated rings. The van der Waals surface area contributed by atoms with Gasteiger partial charge in [-0.25, -0.2) is 0 Å². The fourth-order valence-corrected chi connectivity index (χ4v) is 1.08. The summed E-state index contributed by atoms with van der Waals surface area (Å²) >= 11 is 0. The van der Waals surface area contributed by atoms with Crippen LogP contribution >= 0.6 is 12.4 Å². The number of nitrogens with one attached hydrogen (secondary N) is 2. The van der Waals surface area contributed by atoms with Crippen LogP contribution < -0.4 is 10.6 Å². The van der Waals surface area contributed by atoms with Gasteiger partial charge in [0.1, 0.15) is 0 Å². The third-order valence-electron chi connectivity index (χ3n) is 2.03. The lowest BCUT2D eigenvalue weighted by Gasteiger charge is -2.05. The van der Waals surface area contributed by atoms with Gasteiger partial charge >= 0.3 is 0 Å². The Morgan fingerprint density at radius 1 is 1.19 bits per heavy atom. The van der Waals surface area contributed by atoms with E-state index in [4.69, 9.17) is 4.74 Å². The van der Waals surface area contributed by atoms with E-state index in [0.717, 1.165) is 32.6 Å². The van der Waals surface area contributed by atoms with Crippen molar-refractivity contribution in [1.29, 1.82) is 0 Å². The normalized spacial score (nSPS) is 9.62. The molecule has 0 spiro atoms. The monoisotopic (exact) mass is 252 g/mol. The third kappa shape index (κ3) is 13.7. The van der Waals surface area contributed by atoms with Crippen LogP contribution in [0, 0.1) is 0 Å². The molecule has 0 heterocycles. The summed E-state index contributed by atoms with van der Waals surface area (Å²) in [5.74, 6) is 0.109. The Bertz CT molecular complexity index is 157. The van der Waals surface area contributed by atoms with E-state index < -0.39 is 0 Å². The van der Waals surface area contributed by atoms with Crippen molar-refractivity contribution in [2.75, 3.05) is 33.4 Å². The van der Waals surface area contributed by atoms with E-state index in [0.29, 0.717) is 13.0 Å². The van der Waals surface area contributed by atoms with Crippen molar-refractivity contribution in [3.63, 3.8) is 0 Å². The Hall–Kier alpha value is -0.320. The van der Waals surface area contributed by atoms with Gasteiger partial charge in [0, 0.05) is 32.7 Å². The lowest BCUT2D eigenvalue weighted by atomic mass is 10.3. The minimum absolute atomic E-state index is 0. The van der Waals surface area contributed by atoms with Gasteiger partial charge in [0.15, 0.2) is 0 Å². The minimum atomic E-state index is 0. The average molecular weight is 253 g/mol. The smallest absolute Gasteiger partial charge is 0.221 e. The fourth-order valence-electron chi connectivity index (χ4n) is 1.08. The van der Waals surface area contributed by atoms with Gasteiger partial charge < -0.3 is 15.4 Å². The van der Waals surface area contributed by atoms with E-state index >= 15 is 0 Å². The number of rotatable bonds is 10. The molecule has 0 bridgehead atoms. The molecule has 0 aliphatic rings. The second-order valence-electron chi connectivity index (χ2n) is 3.52. The van der Waals surface area contributed by atoms with Gasteiger partial charge in [0.05, 0.1) is 0 Å². The molecule has 5 heteroatoms. The molecule has 0 rings (SSSR count). The molecule has 0 aliphatic heterocycles. The quantitative estimate of drug-likeness (QED) is 0.577. The van der Waals surface area contributed by atoms with Gasteiger partial charge in [-0.3, -0.25) is 4.79 Å². The zero-order chi connectivity index (χ0) is 11.4. The highest BCUT2D eigenvalue weighted by Gasteiger charge is 1.98. The highest BCUT2D eigenvalue weighted by atomic mass is 35.5. The molecular formula is C11H25ClN2O2. The number of hydrogen-bond donors (Lipinski definition) is 2. The molecule has 0 aromatic rings. The lowest BCUT2D eigenvalue weighted by molar-refractivity contribution is -0.121. The maximum absolute atomic E-state index is 11.1. The first kappa shape index (κ1) is 18.1. The Morgan fingerprint density at radius 2 is 1.88 bits per heavy atom. The zero-order valence-corrected chi connectivity index (χ0v) is 11.2. The molecule has 0 saturated heterocycles. The SMILES string of the molecule is CCCCOCCCNC(=O)CCNC.Cl. The van der Waals surface area contributed by atoms with Crippen molar-refractivity contribution in [2.45, 2.75) is 32.6 Å². The van der Waals surface area contributed by atoms with Gasteiger partial charge in [-0.15, -0.1) is 12.4 Å². The van der Waals surface area contributed by atoms with Crippen molar-refractivity contribution >= 4 is 18.3 Å². The summed E-state index contributed by atoms with van der Waals surface area (Å²) < 4.78 is 5.37. The van der Waals surface area contributed by atoms with Gasteiger partial charge in [0.25, 0.3) is 0 Å². The number of halogens is 1. The maximum Gasteiger partial charge on any atom is 0.221 e. The number of ether oxygens (including phenoxy) is 1. The van der Waals surface area contributed by atoms with Crippen molar-refractivity contribution < 1.29 is 9.53 Å². The Morgan fingerprint density at radius 3 is 2.50 bits per heavy atom. The lowest BCUT2D eigenvalue weighted by Crippen LogP contribution is -2.27. The molecule has 0 atom stereocenters. The Balaban J connectivity index is 0. The molecule has 98 valence electrons. The van der Waals surface area contributed by atoms with Gasteiger partial charge in [-0.05, 0) is 19.9 Å². The second kappa shape index (κ2) is 14.7. The van der Waals surface area contributed by atoms with E-state index in [1.165, 1.54) is 6.42 Å². The number of carbonyl (C=O) groups excluding carboxylic acids is 1. The van der Waals surface area contributed by atoms with Crippen LogP contribution in [-0.2, 0) is 9.53 Å². The highest BCUT2D eigenvalue weighted by molar-refractivity contribution is 5.85. The molecule has 16 heavy (non-hydrogen) atoms. The predicted molar refractivity (Wildman–Crippen MR) is 69.1 cm³/mol. The van der Waals surface area contributed by atoms with Crippen LogP contribution in [0.5, 0.6) is 0 Å². The average Bonchev–Trinajstić information content (AvgIpc) is 2.25. The van der Waals surface area contributed by atoms with Gasteiger partial charge in [-0.1, -0.05) is 13.3 Å². The van der Waals surface area contributed by atoms with Crippen molar-refractivity contribution in [3.8, 4) is 0 Å². The zero-order valence-electron chi connectivity index (χ0n) is 10.4. The van der Waals surface area contributed by atoms with Crippen LogP contribution in [0.1, 0.15) is 32.6 Å². The summed E-state index contributed by atoms with van der Waals surface area (Å²) in [7, 11) is 1.84. The molecule has 0 radical (unpaired) electrons. The molecule has 0 aromatic carbocycles. The first-order valence-corrected chi connectivity index (χ1v) is 5.80. The topological polar surface area (TPSA) is 50.4 Å². The number of hydrogen-bond acceptors (Lipinski definition) is 3. The van der Waals surface area contributed by atoms with Crippen LogP contribution in [0.25, 0.3) is 0 Å². The summed E-state index contributed by atoms with van der Waals surface area (Å²) in [4.78, 5) is 11.1.